The first-order valence-corrected chi connectivity index (χ1v) is 9.27. The molecule has 0 fully saturated rings. The van der Waals surface area contributed by atoms with E-state index in [2.05, 4.69) is 27.3 Å². The lowest BCUT2D eigenvalue weighted by Gasteiger charge is -2.07. The second-order valence-electron chi connectivity index (χ2n) is 3.93. The van der Waals surface area contributed by atoms with E-state index in [0.717, 1.165) is 23.7 Å². The predicted octanol–water partition coefficient (Wildman–Crippen LogP) is 3.61. The molecule has 0 aliphatic carbocycles. The summed E-state index contributed by atoms with van der Waals surface area (Å²) in [5, 5.41) is 0.259. The van der Waals surface area contributed by atoms with Gasteiger partial charge in [-0.2, -0.15) is 0 Å². The van der Waals surface area contributed by atoms with Gasteiger partial charge in [-0.15, -0.1) is 0 Å². The van der Waals surface area contributed by atoms with Gasteiger partial charge in [0.2, 0.25) is 10.0 Å². The van der Waals surface area contributed by atoms with Crippen LogP contribution in [0.5, 0.6) is 0 Å². The molecule has 18 heavy (non-hydrogen) atoms. The van der Waals surface area contributed by atoms with Crippen molar-refractivity contribution in [1.29, 1.82) is 0 Å². The third-order valence-corrected chi connectivity index (χ3v) is 5.20. The highest BCUT2D eigenvalue weighted by atomic mass is 127. The number of sulfonamides is 1. The number of rotatable bonds is 8. The second kappa shape index (κ2) is 8.35. The minimum atomic E-state index is -3.47. The summed E-state index contributed by atoms with van der Waals surface area (Å²) in [5.74, 6) is 0. The number of hydrogen-bond acceptors (Lipinski definition) is 2. The lowest BCUT2D eigenvalue weighted by atomic mass is 10.2. The van der Waals surface area contributed by atoms with E-state index in [1.807, 2.05) is 0 Å². The molecular weight excluding hydrogens is 385 g/mol. The highest BCUT2D eigenvalue weighted by Crippen LogP contribution is 2.20. The van der Waals surface area contributed by atoms with Crippen LogP contribution in [0.25, 0.3) is 0 Å². The molecule has 0 aliphatic rings. The van der Waals surface area contributed by atoms with E-state index < -0.39 is 10.0 Å². The number of benzene rings is 1. The highest BCUT2D eigenvalue weighted by Gasteiger charge is 2.16. The largest absolute Gasteiger partial charge is 0.242 e. The summed E-state index contributed by atoms with van der Waals surface area (Å²) in [6, 6.07) is 6.48. The molecule has 1 N–H and O–H groups in total. The molecule has 6 heteroatoms. The van der Waals surface area contributed by atoms with Gasteiger partial charge in [-0.05, 0) is 29.4 Å². The fraction of sp³-hybridized carbons (Fsp3) is 0.500. The van der Waals surface area contributed by atoms with E-state index in [0.29, 0.717) is 6.54 Å². The average Bonchev–Trinajstić information content (AvgIpc) is 2.34. The van der Waals surface area contributed by atoms with Crippen molar-refractivity contribution in [3.05, 3.63) is 29.3 Å². The Morgan fingerprint density at radius 1 is 1.11 bits per heavy atom. The van der Waals surface area contributed by atoms with Crippen molar-refractivity contribution >= 4 is 44.2 Å². The second-order valence-corrected chi connectivity index (χ2v) is 7.15. The lowest BCUT2D eigenvalue weighted by Crippen LogP contribution is -2.25. The molecule has 0 spiro atoms. The topological polar surface area (TPSA) is 46.2 Å². The fourth-order valence-electron chi connectivity index (χ4n) is 1.52. The monoisotopic (exact) mass is 401 g/mol. The Labute approximate surface area is 127 Å². The first kappa shape index (κ1) is 16.2. The van der Waals surface area contributed by atoms with Crippen LogP contribution in [0.4, 0.5) is 0 Å². The Bertz CT molecular complexity index is 465. The molecular formula is C12H17ClINO2S. The molecule has 1 aromatic carbocycles. The van der Waals surface area contributed by atoms with E-state index in [4.69, 9.17) is 11.6 Å². The molecule has 0 saturated heterocycles. The normalized spacial score (nSPS) is 11.7. The van der Waals surface area contributed by atoms with Crippen molar-refractivity contribution in [3.8, 4) is 0 Å². The Balaban J connectivity index is 2.44. The zero-order valence-electron chi connectivity index (χ0n) is 10.0. The number of halogens is 2. The van der Waals surface area contributed by atoms with Crippen molar-refractivity contribution in [2.24, 2.45) is 0 Å². The minimum absolute atomic E-state index is 0.152. The third-order valence-electron chi connectivity index (χ3n) is 2.48. The summed E-state index contributed by atoms with van der Waals surface area (Å²) in [7, 11) is -3.47. The van der Waals surface area contributed by atoms with Gasteiger partial charge < -0.3 is 0 Å². The van der Waals surface area contributed by atoms with Crippen molar-refractivity contribution in [2.45, 2.75) is 30.6 Å². The Hall–Kier alpha value is 0.150. The predicted molar refractivity (Wildman–Crippen MR) is 84.0 cm³/mol. The summed E-state index contributed by atoms with van der Waals surface area (Å²) in [6.07, 6.45) is 4.25. The smallest absolute Gasteiger partial charge is 0.211 e. The summed E-state index contributed by atoms with van der Waals surface area (Å²) in [6.45, 7) is 0.467. The van der Waals surface area contributed by atoms with Gasteiger partial charge in [0.05, 0.1) is 5.02 Å². The van der Waals surface area contributed by atoms with Crippen LogP contribution in [0.1, 0.15) is 25.7 Å². The van der Waals surface area contributed by atoms with Crippen LogP contribution in [0.2, 0.25) is 5.02 Å². The van der Waals surface area contributed by atoms with Gasteiger partial charge >= 0.3 is 0 Å². The SMILES string of the molecule is O=S(=O)(NCCCCCCI)c1ccccc1Cl. The molecule has 102 valence electrons. The van der Waals surface area contributed by atoms with Crippen LogP contribution in [0, 0.1) is 0 Å². The van der Waals surface area contributed by atoms with Gasteiger partial charge in [0.25, 0.3) is 0 Å². The molecule has 1 rings (SSSR count). The average molecular weight is 402 g/mol. The van der Waals surface area contributed by atoms with Crippen LogP contribution in [-0.2, 0) is 10.0 Å². The standard InChI is InChI=1S/C12H17ClINO2S/c13-11-7-3-4-8-12(11)18(16,17)15-10-6-2-1-5-9-14/h3-4,7-8,15H,1-2,5-6,9-10H2. The molecule has 0 aromatic heterocycles. The summed E-state index contributed by atoms with van der Waals surface area (Å²) < 4.78 is 27.6. The van der Waals surface area contributed by atoms with Crippen molar-refractivity contribution in [1.82, 2.24) is 4.72 Å². The highest BCUT2D eigenvalue weighted by molar-refractivity contribution is 14.1. The Morgan fingerprint density at radius 2 is 1.78 bits per heavy atom. The maximum absolute atomic E-state index is 11.9. The van der Waals surface area contributed by atoms with E-state index in [1.165, 1.54) is 12.5 Å². The van der Waals surface area contributed by atoms with Crippen LogP contribution in [0.15, 0.2) is 29.2 Å². The number of nitrogens with one attached hydrogen (secondary N) is 1. The Kier molecular flexibility index (Phi) is 7.51. The van der Waals surface area contributed by atoms with E-state index in [9.17, 15) is 8.42 Å². The Morgan fingerprint density at radius 3 is 2.44 bits per heavy atom. The summed E-state index contributed by atoms with van der Waals surface area (Å²) >= 11 is 8.22. The van der Waals surface area contributed by atoms with Gasteiger partial charge in [-0.3, -0.25) is 0 Å². The maximum Gasteiger partial charge on any atom is 0.242 e. The molecule has 0 bridgehead atoms. The van der Waals surface area contributed by atoms with E-state index in [-0.39, 0.29) is 9.92 Å². The number of hydrogen-bond donors (Lipinski definition) is 1. The molecule has 0 heterocycles. The lowest BCUT2D eigenvalue weighted by molar-refractivity contribution is 0.574. The van der Waals surface area contributed by atoms with Crippen LogP contribution in [-0.4, -0.2) is 19.4 Å². The number of alkyl halides is 1. The molecule has 1 aromatic rings. The first-order valence-electron chi connectivity index (χ1n) is 5.88. The van der Waals surface area contributed by atoms with Crippen LogP contribution < -0.4 is 4.72 Å². The van der Waals surface area contributed by atoms with E-state index in [1.54, 1.807) is 18.2 Å². The zero-order chi connectivity index (χ0) is 13.4. The van der Waals surface area contributed by atoms with Gasteiger partial charge in [0.1, 0.15) is 4.90 Å². The zero-order valence-corrected chi connectivity index (χ0v) is 13.8. The minimum Gasteiger partial charge on any atom is -0.211 e. The van der Waals surface area contributed by atoms with Crippen molar-refractivity contribution in [3.63, 3.8) is 0 Å². The van der Waals surface area contributed by atoms with Crippen molar-refractivity contribution < 1.29 is 8.42 Å². The molecule has 0 radical (unpaired) electrons. The summed E-state index contributed by atoms with van der Waals surface area (Å²) in [4.78, 5) is 0.152. The van der Waals surface area contributed by atoms with Crippen LogP contribution in [0.3, 0.4) is 0 Å². The molecule has 0 amide bonds. The molecule has 0 unspecified atom stereocenters. The van der Waals surface area contributed by atoms with Gasteiger partial charge in [-0.1, -0.05) is 59.2 Å². The molecule has 0 saturated carbocycles. The van der Waals surface area contributed by atoms with Gasteiger partial charge in [0.15, 0.2) is 0 Å². The molecule has 3 nitrogen and oxygen atoms in total. The molecule has 0 atom stereocenters. The van der Waals surface area contributed by atoms with E-state index >= 15 is 0 Å². The van der Waals surface area contributed by atoms with Crippen LogP contribution >= 0.6 is 34.2 Å². The third kappa shape index (κ3) is 5.42. The van der Waals surface area contributed by atoms with Crippen molar-refractivity contribution in [2.75, 3.05) is 11.0 Å². The number of unbranched alkanes of at least 4 members (excludes halogenated alkanes) is 3. The maximum atomic E-state index is 11.9. The quantitative estimate of drug-likeness (QED) is 0.411. The fourth-order valence-corrected chi connectivity index (χ4v) is 3.65. The van der Waals surface area contributed by atoms with Gasteiger partial charge in [-0.25, -0.2) is 13.1 Å². The summed E-state index contributed by atoms with van der Waals surface area (Å²) in [5.41, 5.74) is 0. The first-order chi connectivity index (χ1) is 8.58. The molecule has 0 aliphatic heterocycles. The van der Waals surface area contributed by atoms with Gasteiger partial charge in [0, 0.05) is 6.54 Å².